The molecule has 26 heavy (non-hydrogen) atoms. The predicted octanol–water partition coefficient (Wildman–Crippen LogP) is 1.54. The number of benzene rings is 2. The summed E-state index contributed by atoms with van der Waals surface area (Å²) >= 11 is 0. The van der Waals surface area contributed by atoms with Crippen LogP contribution in [0.15, 0.2) is 36.4 Å². The van der Waals surface area contributed by atoms with E-state index in [4.69, 9.17) is 11.6 Å². The van der Waals surface area contributed by atoms with Crippen molar-refractivity contribution in [2.75, 3.05) is 48.1 Å². The van der Waals surface area contributed by atoms with Crippen LogP contribution < -0.4 is 21.5 Å². The minimum Gasteiger partial charge on any atom is -0.505 e. The van der Waals surface area contributed by atoms with Crippen molar-refractivity contribution < 1.29 is 13.7 Å². The summed E-state index contributed by atoms with van der Waals surface area (Å²) in [6.07, 6.45) is 1.69. The van der Waals surface area contributed by atoms with Crippen molar-refractivity contribution in [3.8, 4) is 5.75 Å². The first-order chi connectivity index (χ1) is 12.4. The van der Waals surface area contributed by atoms with E-state index in [0.29, 0.717) is 11.4 Å². The lowest BCUT2D eigenvalue weighted by atomic mass is 10.2. The smallest absolute Gasteiger partial charge is 0.167 e. The Morgan fingerprint density at radius 1 is 1.15 bits per heavy atom. The number of anilines is 4. The Labute approximate surface area is 154 Å². The molecular weight excluding hydrogens is 357 g/mol. The van der Waals surface area contributed by atoms with E-state index in [1.165, 1.54) is 11.1 Å². The normalized spacial score (nSPS) is 16.5. The van der Waals surface area contributed by atoms with Crippen molar-refractivity contribution in [3.63, 3.8) is 0 Å². The van der Waals surface area contributed by atoms with Gasteiger partial charge in [0.05, 0.1) is 28.0 Å². The number of nitrogens with two attached hydrogens (primary N) is 2. The fourth-order valence-corrected chi connectivity index (χ4v) is 3.62. The largest absolute Gasteiger partial charge is 0.505 e. The number of hydrogen-bond acceptors (Lipinski definition) is 6. The van der Waals surface area contributed by atoms with Gasteiger partial charge in [0.25, 0.3) is 0 Å². The maximum absolute atomic E-state index is 13.3. The molecule has 2 aromatic carbocycles. The molecule has 0 spiro atoms. The lowest BCUT2D eigenvalue weighted by Gasteiger charge is -2.34. The molecule has 0 radical (unpaired) electrons. The average molecular weight is 379 g/mol. The van der Waals surface area contributed by atoms with Gasteiger partial charge in [-0.1, -0.05) is 0 Å². The van der Waals surface area contributed by atoms with Gasteiger partial charge >= 0.3 is 0 Å². The Morgan fingerprint density at radius 2 is 1.77 bits per heavy atom. The fourth-order valence-electron chi connectivity index (χ4n) is 2.94. The van der Waals surface area contributed by atoms with E-state index in [2.05, 4.69) is 4.90 Å². The Balaban J connectivity index is 1.74. The van der Waals surface area contributed by atoms with E-state index in [1.54, 1.807) is 6.26 Å². The summed E-state index contributed by atoms with van der Waals surface area (Å²) in [5, 5.41) is 10.9. The molecule has 0 aliphatic carbocycles. The standard InChI is InChI=1S/C17H22FN5O2S/c1-26(25)22-8-6-21(7-9-22)12-2-4-13(5-3-12)23(20)16-11-17(24)14(18)10-15(16)19/h2-5,10-11,24H,6-9,19-20H2,1H3. The molecule has 1 aliphatic rings. The van der Waals surface area contributed by atoms with Gasteiger partial charge in [0.15, 0.2) is 11.6 Å². The second-order valence-corrected chi connectivity index (χ2v) is 7.45. The molecule has 5 N–H and O–H groups in total. The zero-order chi connectivity index (χ0) is 18.8. The molecule has 0 aromatic heterocycles. The van der Waals surface area contributed by atoms with Gasteiger partial charge in [-0.15, -0.1) is 0 Å². The molecule has 9 heteroatoms. The minimum atomic E-state index is -0.936. The van der Waals surface area contributed by atoms with Crippen LogP contribution in [0.1, 0.15) is 0 Å². The van der Waals surface area contributed by atoms with Crippen LogP contribution in [0.5, 0.6) is 5.75 Å². The van der Waals surface area contributed by atoms with Crippen LogP contribution in [0.3, 0.4) is 0 Å². The Kier molecular flexibility index (Phi) is 5.30. The van der Waals surface area contributed by atoms with Gasteiger partial charge < -0.3 is 15.7 Å². The number of hydrazine groups is 1. The van der Waals surface area contributed by atoms with Crippen LogP contribution in [0, 0.1) is 5.82 Å². The third kappa shape index (κ3) is 3.74. The van der Waals surface area contributed by atoms with Crippen molar-refractivity contribution in [1.82, 2.24) is 4.31 Å². The van der Waals surface area contributed by atoms with Gasteiger partial charge in [0, 0.05) is 50.3 Å². The topological polar surface area (TPSA) is 99.1 Å². The molecule has 0 amide bonds. The predicted molar refractivity (Wildman–Crippen MR) is 103 cm³/mol. The SMILES string of the molecule is CS(=O)N1CCN(c2ccc(N(N)c3cc(O)c(F)cc3N)cc2)CC1. The second-order valence-electron chi connectivity index (χ2n) is 6.09. The molecule has 7 nitrogen and oxygen atoms in total. The number of aromatic hydroxyl groups is 1. The number of rotatable bonds is 4. The quantitative estimate of drug-likeness (QED) is 0.323. The van der Waals surface area contributed by atoms with Crippen LogP contribution >= 0.6 is 0 Å². The number of hydrogen-bond donors (Lipinski definition) is 3. The number of nitrogen functional groups attached to an aromatic ring is 1. The zero-order valence-electron chi connectivity index (χ0n) is 14.4. The highest BCUT2D eigenvalue weighted by atomic mass is 32.2. The lowest BCUT2D eigenvalue weighted by molar-refractivity contribution is 0.412. The minimum absolute atomic E-state index is 0.135. The summed E-state index contributed by atoms with van der Waals surface area (Å²) in [6.45, 7) is 3.09. The maximum atomic E-state index is 13.3. The molecular formula is C17H22FN5O2S. The summed E-state index contributed by atoms with van der Waals surface area (Å²) in [4.78, 5) is 2.21. The van der Waals surface area contributed by atoms with Crippen LogP contribution in [-0.4, -0.2) is 46.1 Å². The van der Waals surface area contributed by atoms with Crippen LogP contribution in [0.25, 0.3) is 0 Å². The van der Waals surface area contributed by atoms with E-state index < -0.39 is 22.6 Å². The molecule has 1 heterocycles. The van der Waals surface area contributed by atoms with Gasteiger partial charge in [-0.2, -0.15) is 0 Å². The first-order valence-corrected chi connectivity index (χ1v) is 9.64. The van der Waals surface area contributed by atoms with Gasteiger partial charge in [0.1, 0.15) is 0 Å². The van der Waals surface area contributed by atoms with Crippen molar-refractivity contribution in [2.24, 2.45) is 5.84 Å². The lowest BCUT2D eigenvalue weighted by Crippen LogP contribution is -2.46. The third-order valence-electron chi connectivity index (χ3n) is 4.45. The highest BCUT2D eigenvalue weighted by Crippen LogP contribution is 2.33. The zero-order valence-corrected chi connectivity index (χ0v) is 15.2. The molecule has 1 aliphatic heterocycles. The van der Waals surface area contributed by atoms with Crippen LogP contribution in [0.4, 0.5) is 27.1 Å². The molecule has 1 fully saturated rings. The van der Waals surface area contributed by atoms with E-state index in [-0.39, 0.29) is 5.69 Å². The van der Waals surface area contributed by atoms with Gasteiger partial charge in [-0.3, -0.25) is 5.01 Å². The average Bonchev–Trinajstić information content (AvgIpc) is 2.64. The molecule has 0 saturated carbocycles. The van der Waals surface area contributed by atoms with E-state index in [0.717, 1.165) is 37.9 Å². The van der Waals surface area contributed by atoms with Crippen molar-refractivity contribution in [1.29, 1.82) is 0 Å². The highest BCUT2D eigenvalue weighted by molar-refractivity contribution is 7.81. The molecule has 1 saturated heterocycles. The Morgan fingerprint density at radius 3 is 2.35 bits per heavy atom. The number of nitrogens with zero attached hydrogens (tertiary/aromatic N) is 3. The fraction of sp³-hybridized carbons (Fsp3) is 0.294. The molecule has 140 valence electrons. The Bertz CT molecular complexity index is 810. The van der Waals surface area contributed by atoms with Crippen LogP contribution in [0.2, 0.25) is 0 Å². The van der Waals surface area contributed by atoms with Gasteiger partial charge in [-0.05, 0) is 24.3 Å². The van der Waals surface area contributed by atoms with Crippen molar-refractivity contribution in [3.05, 3.63) is 42.2 Å². The molecule has 3 rings (SSSR count). The van der Waals surface area contributed by atoms with E-state index in [9.17, 15) is 13.7 Å². The summed E-state index contributed by atoms with van der Waals surface area (Å²) in [5.74, 6) is 4.79. The number of piperazine rings is 1. The molecule has 0 bridgehead atoms. The van der Waals surface area contributed by atoms with E-state index in [1.807, 2.05) is 28.6 Å². The Hall–Kier alpha value is -2.36. The van der Waals surface area contributed by atoms with Gasteiger partial charge in [0.2, 0.25) is 0 Å². The van der Waals surface area contributed by atoms with E-state index >= 15 is 0 Å². The molecule has 1 atom stereocenters. The maximum Gasteiger partial charge on any atom is 0.167 e. The van der Waals surface area contributed by atoms with Gasteiger partial charge in [-0.25, -0.2) is 18.7 Å². The summed E-state index contributed by atoms with van der Waals surface area (Å²) in [5.41, 5.74) is 7.95. The first kappa shape index (κ1) is 18.4. The first-order valence-electron chi connectivity index (χ1n) is 8.13. The van der Waals surface area contributed by atoms with Crippen molar-refractivity contribution >= 4 is 33.7 Å². The number of halogens is 1. The summed E-state index contributed by atoms with van der Waals surface area (Å²) in [7, 11) is -0.936. The number of phenols is 1. The molecule has 2 aromatic rings. The third-order valence-corrected chi connectivity index (χ3v) is 5.54. The van der Waals surface area contributed by atoms with Crippen molar-refractivity contribution in [2.45, 2.75) is 0 Å². The van der Waals surface area contributed by atoms with Crippen LogP contribution in [-0.2, 0) is 11.0 Å². The monoisotopic (exact) mass is 379 g/mol. The number of phenolic OH excluding ortho intramolecular Hbond substituents is 1. The summed E-state index contributed by atoms with van der Waals surface area (Å²) < 4.78 is 26.8. The molecule has 1 unspecified atom stereocenters. The second kappa shape index (κ2) is 7.48. The summed E-state index contributed by atoms with van der Waals surface area (Å²) in [6, 6.07) is 9.78. The highest BCUT2D eigenvalue weighted by Gasteiger charge is 2.19.